The van der Waals surface area contributed by atoms with Crippen molar-refractivity contribution in [3.8, 4) is 5.75 Å². The minimum absolute atomic E-state index is 0.0263. The van der Waals surface area contributed by atoms with E-state index in [-0.39, 0.29) is 26.9 Å². The SMILES string of the molecule is CN1CCN(S(=O)(=O)c2cccc(C(=O)Nc3ccc(OC(F)F)c(Cl)c3)c2)CC1. The van der Waals surface area contributed by atoms with Crippen LogP contribution in [0, 0.1) is 0 Å². The van der Waals surface area contributed by atoms with Crippen molar-refractivity contribution in [2.75, 3.05) is 38.5 Å². The first-order valence-corrected chi connectivity index (χ1v) is 10.8. The number of likely N-dealkylation sites (N-methyl/N-ethyl adjacent to an activating group) is 1. The van der Waals surface area contributed by atoms with E-state index in [1.807, 2.05) is 11.9 Å². The maximum absolute atomic E-state index is 12.9. The van der Waals surface area contributed by atoms with E-state index in [1.165, 1.54) is 46.8 Å². The molecule has 2 aromatic carbocycles. The molecular formula is C19H20ClF2N3O4S. The van der Waals surface area contributed by atoms with E-state index in [0.29, 0.717) is 26.2 Å². The third kappa shape index (κ3) is 5.25. The fraction of sp³-hybridized carbons (Fsp3) is 0.316. The number of carbonyl (C=O) groups is 1. The summed E-state index contributed by atoms with van der Waals surface area (Å²) in [6, 6.07) is 9.54. The molecule has 2 aromatic rings. The van der Waals surface area contributed by atoms with Crippen LogP contribution in [0.5, 0.6) is 5.75 Å². The number of halogens is 3. The molecule has 1 N–H and O–H groups in total. The molecule has 0 saturated carbocycles. The van der Waals surface area contributed by atoms with E-state index in [0.717, 1.165) is 0 Å². The van der Waals surface area contributed by atoms with Gasteiger partial charge in [0.15, 0.2) is 0 Å². The quantitative estimate of drug-likeness (QED) is 0.718. The Bertz CT molecular complexity index is 1030. The Labute approximate surface area is 178 Å². The fourth-order valence-electron chi connectivity index (χ4n) is 2.95. The highest BCUT2D eigenvalue weighted by molar-refractivity contribution is 7.89. The predicted octanol–water partition coefficient (Wildman–Crippen LogP) is 3.13. The van der Waals surface area contributed by atoms with E-state index in [1.54, 1.807) is 0 Å². The molecule has 1 fully saturated rings. The van der Waals surface area contributed by atoms with Crippen LogP contribution in [0.3, 0.4) is 0 Å². The van der Waals surface area contributed by atoms with Crippen molar-refractivity contribution < 1.29 is 26.7 Å². The first-order chi connectivity index (χ1) is 14.2. The Balaban J connectivity index is 1.75. The number of nitrogens with zero attached hydrogens (tertiary/aromatic N) is 2. The third-order valence-corrected chi connectivity index (χ3v) is 6.79. The molecule has 0 bridgehead atoms. The number of carbonyl (C=O) groups excluding carboxylic acids is 1. The molecule has 1 aliphatic heterocycles. The van der Waals surface area contributed by atoms with Gasteiger partial charge in [-0.05, 0) is 43.4 Å². The highest BCUT2D eigenvalue weighted by atomic mass is 35.5. The number of hydrogen-bond donors (Lipinski definition) is 1. The maximum atomic E-state index is 12.9. The fourth-order valence-corrected chi connectivity index (χ4v) is 4.64. The Morgan fingerprint density at radius 2 is 1.83 bits per heavy atom. The van der Waals surface area contributed by atoms with E-state index in [4.69, 9.17) is 11.6 Å². The Morgan fingerprint density at radius 3 is 2.47 bits per heavy atom. The summed E-state index contributed by atoms with van der Waals surface area (Å²) in [7, 11) is -1.80. The van der Waals surface area contributed by atoms with Crippen LogP contribution in [0.2, 0.25) is 5.02 Å². The van der Waals surface area contributed by atoms with Gasteiger partial charge in [-0.3, -0.25) is 4.79 Å². The van der Waals surface area contributed by atoms with E-state index in [9.17, 15) is 22.0 Å². The minimum atomic E-state index is -3.72. The van der Waals surface area contributed by atoms with Gasteiger partial charge in [0.05, 0.1) is 9.92 Å². The highest BCUT2D eigenvalue weighted by Crippen LogP contribution is 2.29. The molecule has 1 aliphatic rings. The molecule has 0 spiro atoms. The summed E-state index contributed by atoms with van der Waals surface area (Å²) >= 11 is 5.89. The molecular weight excluding hydrogens is 440 g/mol. The topological polar surface area (TPSA) is 79.0 Å². The van der Waals surface area contributed by atoms with Crippen molar-refractivity contribution >= 4 is 33.2 Å². The lowest BCUT2D eigenvalue weighted by atomic mass is 10.2. The van der Waals surface area contributed by atoms with Gasteiger partial charge in [0.2, 0.25) is 10.0 Å². The monoisotopic (exact) mass is 459 g/mol. The van der Waals surface area contributed by atoms with Crippen LogP contribution in [-0.2, 0) is 10.0 Å². The zero-order valence-electron chi connectivity index (χ0n) is 16.0. The van der Waals surface area contributed by atoms with Crippen molar-refractivity contribution in [2.45, 2.75) is 11.5 Å². The minimum Gasteiger partial charge on any atom is -0.433 e. The largest absolute Gasteiger partial charge is 0.433 e. The van der Waals surface area contributed by atoms with Crippen molar-refractivity contribution in [1.82, 2.24) is 9.21 Å². The van der Waals surface area contributed by atoms with Crippen molar-refractivity contribution in [2.24, 2.45) is 0 Å². The second kappa shape index (κ2) is 9.25. The number of anilines is 1. The van der Waals surface area contributed by atoms with Crippen molar-refractivity contribution in [3.05, 3.63) is 53.1 Å². The number of nitrogens with one attached hydrogen (secondary N) is 1. The van der Waals surface area contributed by atoms with Crippen LogP contribution in [0.1, 0.15) is 10.4 Å². The maximum Gasteiger partial charge on any atom is 0.387 e. The van der Waals surface area contributed by atoms with Crippen LogP contribution in [-0.4, -0.2) is 63.4 Å². The lowest BCUT2D eigenvalue weighted by Crippen LogP contribution is -2.47. The molecule has 3 rings (SSSR count). The van der Waals surface area contributed by atoms with Gasteiger partial charge in [0.25, 0.3) is 5.91 Å². The Morgan fingerprint density at radius 1 is 1.13 bits per heavy atom. The standard InChI is InChI=1S/C19H20ClF2N3O4S/c1-24-7-9-25(10-8-24)30(27,28)15-4-2-3-13(11-15)18(26)23-14-5-6-17(16(20)12-14)29-19(21)22/h2-6,11-12,19H,7-10H2,1H3,(H,23,26). The van der Waals surface area contributed by atoms with Gasteiger partial charge in [0, 0.05) is 37.4 Å². The lowest BCUT2D eigenvalue weighted by Gasteiger charge is -2.31. The molecule has 7 nitrogen and oxygen atoms in total. The molecule has 162 valence electrons. The number of hydrogen-bond acceptors (Lipinski definition) is 5. The zero-order valence-corrected chi connectivity index (χ0v) is 17.6. The lowest BCUT2D eigenvalue weighted by molar-refractivity contribution is -0.0497. The number of piperazine rings is 1. The van der Waals surface area contributed by atoms with E-state index >= 15 is 0 Å². The summed E-state index contributed by atoms with van der Waals surface area (Å²) in [6.45, 7) is -1.01. The Kier molecular flexibility index (Phi) is 6.91. The number of ether oxygens (including phenoxy) is 1. The van der Waals surface area contributed by atoms with Crippen LogP contribution >= 0.6 is 11.6 Å². The molecule has 0 aliphatic carbocycles. The summed E-state index contributed by atoms with van der Waals surface area (Å²) in [5.41, 5.74) is 0.383. The number of benzene rings is 2. The number of amides is 1. The highest BCUT2D eigenvalue weighted by Gasteiger charge is 2.28. The van der Waals surface area contributed by atoms with E-state index < -0.39 is 22.5 Å². The molecule has 0 atom stereocenters. The number of rotatable bonds is 6. The molecule has 0 aromatic heterocycles. The van der Waals surface area contributed by atoms with E-state index in [2.05, 4.69) is 10.1 Å². The predicted molar refractivity (Wildman–Crippen MR) is 109 cm³/mol. The second-order valence-corrected chi connectivity index (χ2v) is 9.06. The van der Waals surface area contributed by atoms with Crippen LogP contribution in [0.4, 0.5) is 14.5 Å². The van der Waals surface area contributed by atoms with Gasteiger partial charge >= 0.3 is 6.61 Å². The molecule has 11 heteroatoms. The average Bonchev–Trinajstić information content (AvgIpc) is 2.70. The summed E-state index contributed by atoms with van der Waals surface area (Å²) in [4.78, 5) is 14.6. The third-order valence-electron chi connectivity index (χ3n) is 4.60. The number of sulfonamides is 1. The molecule has 1 saturated heterocycles. The van der Waals surface area contributed by atoms with Crippen molar-refractivity contribution in [3.63, 3.8) is 0 Å². The molecule has 0 radical (unpaired) electrons. The Hall–Kier alpha value is -2.27. The van der Waals surface area contributed by atoms with Gasteiger partial charge in [-0.1, -0.05) is 17.7 Å². The van der Waals surface area contributed by atoms with Crippen LogP contribution in [0.15, 0.2) is 47.4 Å². The van der Waals surface area contributed by atoms with Gasteiger partial charge in [-0.2, -0.15) is 13.1 Å². The molecule has 30 heavy (non-hydrogen) atoms. The van der Waals surface area contributed by atoms with Gasteiger partial charge in [0.1, 0.15) is 5.75 Å². The molecule has 1 amide bonds. The molecule has 1 heterocycles. The second-order valence-electron chi connectivity index (χ2n) is 6.71. The summed E-state index contributed by atoms with van der Waals surface area (Å²) in [5.74, 6) is -0.783. The van der Waals surface area contributed by atoms with Gasteiger partial charge in [-0.15, -0.1) is 0 Å². The van der Waals surface area contributed by atoms with Crippen molar-refractivity contribution in [1.29, 1.82) is 0 Å². The van der Waals surface area contributed by atoms with Gasteiger partial charge in [-0.25, -0.2) is 8.42 Å². The first-order valence-electron chi connectivity index (χ1n) is 9.01. The first kappa shape index (κ1) is 22.4. The smallest absolute Gasteiger partial charge is 0.387 e. The normalized spacial score (nSPS) is 15.9. The zero-order chi connectivity index (χ0) is 21.9. The van der Waals surface area contributed by atoms with Crippen LogP contribution in [0.25, 0.3) is 0 Å². The molecule has 0 unspecified atom stereocenters. The average molecular weight is 460 g/mol. The summed E-state index contributed by atoms with van der Waals surface area (Å²) in [6.07, 6.45) is 0. The van der Waals surface area contributed by atoms with Crippen LogP contribution < -0.4 is 10.1 Å². The summed E-state index contributed by atoms with van der Waals surface area (Å²) in [5, 5.41) is 2.46. The van der Waals surface area contributed by atoms with Gasteiger partial charge < -0.3 is 15.0 Å². The summed E-state index contributed by atoms with van der Waals surface area (Å²) < 4.78 is 56.0. The number of alkyl halides is 2.